The second-order valence-corrected chi connectivity index (χ2v) is 6.28. The normalized spacial score (nSPS) is 16.4. The molecule has 0 bridgehead atoms. The standard InChI is InChI=1S/C17H23N5O2/c1-14-18-20-22(19-14)17(9-10-21(2)3,16-12-23-13-24-16)11-15-7-5-4-6-8-15/h4-8,12H,9-11,13H2,1-3H3. The quantitative estimate of drug-likeness (QED) is 0.770. The molecule has 2 aromatic rings. The van der Waals surface area contributed by atoms with Crippen LogP contribution in [0.3, 0.4) is 0 Å². The Labute approximate surface area is 141 Å². The summed E-state index contributed by atoms with van der Waals surface area (Å²) in [6.45, 7) is 2.92. The highest BCUT2D eigenvalue weighted by molar-refractivity contribution is 5.22. The molecule has 128 valence electrons. The molecule has 7 heteroatoms. The molecule has 0 spiro atoms. The van der Waals surface area contributed by atoms with Crippen LogP contribution < -0.4 is 0 Å². The molecule has 1 aromatic carbocycles. The zero-order valence-electron chi connectivity index (χ0n) is 14.3. The molecule has 1 aromatic heterocycles. The smallest absolute Gasteiger partial charge is 0.229 e. The Hall–Kier alpha value is -2.41. The van der Waals surface area contributed by atoms with E-state index in [-0.39, 0.29) is 6.79 Å². The first-order valence-corrected chi connectivity index (χ1v) is 8.01. The molecule has 0 fully saturated rings. The fraction of sp³-hybridized carbons (Fsp3) is 0.471. The van der Waals surface area contributed by atoms with Gasteiger partial charge in [0.1, 0.15) is 11.8 Å². The van der Waals surface area contributed by atoms with Crippen LogP contribution in [0.15, 0.2) is 42.4 Å². The first kappa shape index (κ1) is 16.4. The highest BCUT2D eigenvalue weighted by Gasteiger charge is 2.42. The number of aryl methyl sites for hydroxylation is 1. The maximum atomic E-state index is 5.78. The van der Waals surface area contributed by atoms with E-state index in [4.69, 9.17) is 9.47 Å². The molecule has 1 aliphatic rings. The Morgan fingerprint density at radius 2 is 2.04 bits per heavy atom. The Balaban J connectivity index is 2.04. The molecule has 1 unspecified atom stereocenters. The van der Waals surface area contributed by atoms with E-state index in [1.807, 2.05) is 39.2 Å². The molecule has 2 heterocycles. The number of allylic oxidation sites excluding steroid dienone is 1. The van der Waals surface area contributed by atoms with Crippen molar-refractivity contribution < 1.29 is 9.47 Å². The van der Waals surface area contributed by atoms with Gasteiger partial charge in [0.15, 0.2) is 11.6 Å². The first-order chi connectivity index (χ1) is 11.6. The third-order valence-electron chi connectivity index (χ3n) is 4.14. The van der Waals surface area contributed by atoms with Gasteiger partial charge in [0.2, 0.25) is 6.79 Å². The van der Waals surface area contributed by atoms with E-state index in [2.05, 4.69) is 32.4 Å². The van der Waals surface area contributed by atoms with E-state index in [9.17, 15) is 0 Å². The van der Waals surface area contributed by atoms with Crippen LogP contribution >= 0.6 is 0 Å². The van der Waals surface area contributed by atoms with Crippen LogP contribution in [0.1, 0.15) is 17.8 Å². The summed E-state index contributed by atoms with van der Waals surface area (Å²) in [7, 11) is 4.10. The van der Waals surface area contributed by atoms with Crippen LogP contribution in [0.2, 0.25) is 0 Å². The summed E-state index contributed by atoms with van der Waals surface area (Å²) in [5, 5.41) is 12.9. The minimum absolute atomic E-state index is 0.224. The van der Waals surface area contributed by atoms with Gasteiger partial charge in [-0.15, -0.1) is 15.0 Å². The third-order valence-corrected chi connectivity index (χ3v) is 4.14. The number of hydrogen-bond acceptors (Lipinski definition) is 6. The van der Waals surface area contributed by atoms with E-state index < -0.39 is 5.54 Å². The molecule has 0 N–H and O–H groups in total. The minimum Gasteiger partial charge on any atom is -0.462 e. The molecule has 0 amide bonds. The predicted molar refractivity (Wildman–Crippen MR) is 89.0 cm³/mol. The van der Waals surface area contributed by atoms with Gasteiger partial charge in [-0.3, -0.25) is 0 Å². The lowest BCUT2D eigenvalue weighted by Crippen LogP contribution is -2.43. The molecule has 0 saturated heterocycles. The van der Waals surface area contributed by atoms with Crippen molar-refractivity contribution in [3.05, 3.63) is 53.7 Å². The van der Waals surface area contributed by atoms with Crippen molar-refractivity contribution in [2.24, 2.45) is 0 Å². The van der Waals surface area contributed by atoms with E-state index in [1.165, 1.54) is 5.56 Å². The number of tetrazole rings is 1. The van der Waals surface area contributed by atoms with E-state index in [1.54, 1.807) is 11.1 Å². The number of hydrogen-bond donors (Lipinski definition) is 0. The molecular weight excluding hydrogens is 306 g/mol. The zero-order valence-corrected chi connectivity index (χ0v) is 14.3. The Morgan fingerprint density at radius 1 is 1.25 bits per heavy atom. The number of rotatable bonds is 7. The van der Waals surface area contributed by atoms with Crippen LogP contribution in [0.25, 0.3) is 0 Å². The van der Waals surface area contributed by atoms with Crippen LogP contribution in [0, 0.1) is 6.92 Å². The third kappa shape index (κ3) is 3.41. The maximum Gasteiger partial charge on any atom is 0.229 e. The largest absolute Gasteiger partial charge is 0.462 e. The number of benzene rings is 1. The number of ether oxygens (including phenoxy) is 2. The average Bonchev–Trinajstić information content (AvgIpc) is 3.24. The summed E-state index contributed by atoms with van der Waals surface area (Å²) in [5.41, 5.74) is 0.617. The minimum atomic E-state index is -0.566. The molecule has 0 radical (unpaired) electrons. The van der Waals surface area contributed by atoms with Gasteiger partial charge >= 0.3 is 0 Å². The summed E-state index contributed by atoms with van der Waals surface area (Å²) in [5.74, 6) is 1.38. The Morgan fingerprint density at radius 3 is 2.62 bits per heavy atom. The van der Waals surface area contributed by atoms with Crippen molar-refractivity contribution in [2.45, 2.75) is 25.3 Å². The molecule has 3 rings (SSSR count). The Bertz CT molecular complexity index is 698. The van der Waals surface area contributed by atoms with Gasteiger partial charge in [-0.25, -0.2) is 0 Å². The molecule has 1 aliphatic heterocycles. The van der Waals surface area contributed by atoms with Crippen LogP contribution in [-0.2, 0) is 21.4 Å². The van der Waals surface area contributed by atoms with Gasteiger partial charge in [0, 0.05) is 13.0 Å². The van der Waals surface area contributed by atoms with Crippen LogP contribution in [-0.4, -0.2) is 52.5 Å². The first-order valence-electron chi connectivity index (χ1n) is 8.01. The van der Waals surface area contributed by atoms with Crippen molar-refractivity contribution in [1.29, 1.82) is 0 Å². The molecule has 1 atom stereocenters. The van der Waals surface area contributed by atoms with Crippen molar-refractivity contribution in [3.8, 4) is 0 Å². The van der Waals surface area contributed by atoms with E-state index >= 15 is 0 Å². The predicted octanol–water partition coefficient (Wildman–Crippen LogP) is 1.72. The van der Waals surface area contributed by atoms with Crippen molar-refractivity contribution >= 4 is 0 Å². The van der Waals surface area contributed by atoms with Crippen molar-refractivity contribution in [1.82, 2.24) is 25.1 Å². The van der Waals surface area contributed by atoms with Gasteiger partial charge < -0.3 is 14.4 Å². The average molecular weight is 329 g/mol. The second-order valence-electron chi connectivity index (χ2n) is 6.28. The fourth-order valence-corrected chi connectivity index (χ4v) is 2.86. The molecule has 24 heavy (non-hydrogen) atoms. The summed E-state index contributed by atoms with van der Waals surface area (Å²) in [6, 6.07) is 10.3. The van der Waals surface area contributed by atoms with Gasteiger partial charge in [0.05, 0.1) is 0 Å². The molecule has 7 nitrogen and oxygen atoms in total. The van der Waals surface area contributed by atoms with E-state index in [0.29, 0.717) is 12.2 Å². The fourth-order valence-electron chi connectivity index (χ4n) is 2.86. The van der Waals surface area contributed by atoms with Crippen LogP contribution in [0.4, 0.5) is 0 Å². The monoisotopic (exact) mass is 329 g/mol. The van der Waals surface area contributed by atoms with E-state index in [0.717, 1.165) is 18.7 Å². The number of aromatic nitrogens is 4. The van der Waals surface area contributed by atoms with Gasteiger partial charge in [-0.1, -0.05) is 30.3 Å². The Kier molecular flexibility index (Phi) is 4.80. The van der Waals surface area contributed by atoms with Gasteiger partial charge in [0.25, 0.3) is 0 Å². The van der Waals surface area contributed by atoms with Crippen molar-refractivity contribution in [2.75, 3.05) is 27.4 Å². The zero-order chi connectivity index (χ0) is 17.0. The lowest BCUT2D eigenvalue weighted by Gasteiger charge is -2.33. The highest BCUT2D eigenvalue weighted by Crippen LogP contribution is 2.35. The summed E-state index contributed by atoms with van der Waals surface area (Å²) < 4.78 is 11.1. The summed E-state index contributed by atoms with van der Waals surface area (Å²) >= 11 is 0. The lowest BCUT2D eigenvalue weighted by molar-refractivity contribution is 0.0451. The highest BCUT2D eigenvalue weighted by atomic mass is 16.7. The topological polar surface area (TPSA) is 65.3 Å². The second kappa shape index (κ2) is 7.00. The lowest BCUT2D eigenvalue weighted by atomic mass is 9.86. The molecular formula is C17H23N5O2. The summed E-state index contributed by atoms with van der Waals surface area (Å²) in [6.07, 6.45) is 3.16. The molecule has 0 aliphatic carbocycles. The van der Waals surface area contributed by atoms with Crippen molar-refractivity contribution in [3.63, 3.8) is 0 Å². The van der Waals surface area contributed by atoms with Gasteiger partial charge in [-0.05, 0) is 38.2 Å². The van der Waals surface area contributed by atoms with Gasteiger partial charge in [-0.2, -0.15) is 0 Å². The molecule has 0 saturated carbocycles. The maximum absolute atomic E-state index is 5.78. The number of nitrogens with zero attached hydrogens (tertiary/aromatic N) is 5. The SMILES string of the molecule is Cc1nnn(C(CCN(C)C)(Cc2ccccc2)C2=COCO2)n1. The summed E-state index contributed by atoms with van der Waals surface area (Å²) in [4.78, 5) is 3.82. The van der Waals surface area contributed by atoms with Crippen LogP contribution in [0.5, 0.6) is 0 Å².